The molecular formula is C18H10F9NO. The Hall–Kier alpha value is -2.98. The SMILES string of the molecule is O=C(/C=C/c1cccc(C(F)(F)F)c1)Nc1cc(C(F)(F)F)cc(C(F)(F)F)c1. The first kappa shape index (κ1) is 22.3. The van der Waals surface area contributed by atoms with Gasteiger partial charge in [0.25, 0.3) is 0 Å². The van der Waals surface area contributed by atoms with Crippen molar-refractivity contribution in [2.24, 2.45) is 0 Å². The molecule has 11 heteroatoms. The molecule has 1 N–H and O–H groups in total. The summed E-state index contributed by atoms with van der Waals surface area (Å²) in [7, 11) is 0. The van der Waals surface area contributed by atoms with E-state index in [0.29, 0.717) is 18.2 Å². The lowest BCUT2D eigenvalue weighted by Crippen LogP contribution is -2.14. The van der Waals surface area contributed by atoms with Gasteiger partial charge in [0.1, 0.15) is 0 Å². The molecule has 0 saturated carbocycles. The quantitative estimate of drug-likeness (QED) is 0.446. The molecule has 0 aliphatic heterocycles. The Kier molecular flexibility index (Phi) is 6.00. The highest BCUT2D eigenvalue weighted by Gasteiger charge is 2.37. The second kappa shape index (κ2) is 7.80. The first-order valence-electron chi connectivity index (χ1n) is 7.62. The molecule has 0 spiro atoms. The average Bonchev–Trinajstić information content (AvgIpc) is 2.58. The van der Waals surface area contributed by atoms with E-state index in [4.69, 9.17) is 0 Å². The number of anilines is 1. The smallest absolute Gasteiger partial charge is 0.322 e. The third-order valence-electron chi connectivity index (χ3n) is 3.50. The first-order chi connectivity index (χ1) is 13.2. The van der Waals surface area contributed by atoms with Gasteiger partial charge in [0, 0.05) is 11.8 Å². The number of alkyl halides is 9. The highest BCUT2D eigenvalue weighted by atomic mass is 19.4. The predicted molar refractivity (Wildman–Crippen MR) is 85.6 cm³/mol. The maximum atomic E-state index is 12.8. The Morgan fingerprint density at radius 2 is 1.24 bits per heavy atom. The van der Waals surface area contributed by atoms with Crippen LogP contribution < -0.4 is 5.32 Å². The van der Waals surface area contributed by atoms with Gasteiger partial charge >= 0.3 is 18.5 Å². The minimum absolute atomic E-state index is 0.0463. The molecule has 156 valence electrons. The van der Waals surface area contributed by atoms with Gasteiger partial charge in [-0.2, -0.15) is 39.5 Å². The molecule has 0 aliphatic carbocycles. The van der Waals surface area contributed by atoms with Gasteiger partial charge in [-0.05, 0) is 42.0 Å². The van der Waals surface area contributed by atoms with E-state index in [-0.39, 0.29) is 11.6 Å². The van der Waals surface area contributed by atoms with Crippen LogP contribution in [0.5, 0.6) is 0 Å². The molecular weight excluding hydrogens is 417 g/mol. The topological polar surface area (TPSA) is 29.1 Å². The summed E-state index contributed by atoms with van der Waals surface area (Å²) >= 11 is 0. The van der Waals surface area contributed by atoms with Gasteiger partial charge in [-0.25, -0.2) is 0 Å². The Morgan fingerprint density at radius 3 is 1.72 bits per heavy atom. The normalized spacial score (nSPS) is 13.0. The first-order valence-corrected chi connectivity index (χ1v) is 7.62. The summed E-state index contributed by atoms with van der Waals surface area (Å²) in [6, 6.07) is 4.33. The minimum atomic E-state index is -5.09. The van der Waals surface area contributed by atoms with Crippen LogP contribution in [0, 0.1) is 0 Å². The monoisotopic (exact) mass is 427 g/mol. The third kappa shape index (κ3) is 6.26. The van der Waals surface area contributed by atoms with Gasteiger partial charge in [-0.3, -0.25) is 4.79 Å². The number of hydrogen-bond acceptors (Lipinski definition) is 1. The number of carbonyl (C=O) groups excluding carboxylic acids is 1. The van der Waals surface area contributed by atoms with Crippen molar-refractivity contribution >= 4 is 17.7 Å². The number of nitrogens with one attached hydrogen (secondary N) is 1. The fraction of sp³-hybridized carbons (Fsp3) is 0.167. The maximum Gasteiger partial charge on any atom is 0.416 e. The lowest BCUT2D eigenvalue weighted by Gasteiger charge is -2.14. The van der Waals surface area contributed by atoms with Crippen LogP contribution in [0.4, 0.5) is 45.2 Å². The summed E-state index contributed by atoms with van der Waals surface area (Å²) in [5.41, 5.74) is -5.05. The number of amides is 1. The predicted octanol–water partition coefficient (Wildman–Crippen LogP) is 6.39. The molecule has 0 heterocycles. The van der Waals surface area contributed by atoms with Gasteiger partial charge in [-0.15, -0.1) is 0 Å². The van der Waals surface area contributed by atoms with Crippen LogP contribution in [-0.4, -0.2) is 5.91 Å². The number of halogens is 9. The minimum Gasteiger partial charge on any atom is -0.322 e. The van der Waals surface area contributed by atoms with Crippen LogP contribution in [0.3, 0.4) is 0 Å². The third-order valence-corrected chi connectivity index (χ3v) is 3.50. The molecule has 0 aliphatic rings. The fourth-order valence-electron chi connectivity index (χ4n) is 2.20. The highest BCUT2D eigenvalue weighted by molar-refractivity contribution is 6.02. The molecule has 0 aromatic heterocycles. The van der Waals surface area contributed by atoms with Gasteiger partial charge in [0.05, 0.1) is 16.7 Å². The molecule has 0 saturated heterocycles. The van der Waals surface area contributed by atoms with Crippen LogP contribution >= 0.6 is 0 Å². The van der Waals surface area contributed by atoms with Gasteiger partial charge in [-0.1, -0.05) is 12.1 Å². The van der Waals surface area contributed by atoms with Crippen molar-refractivity contribution in [3.05, 3.63) is 70.8 Å². The van der Waals surface area contributed by atoms with Crippen LogP contribution in [-0.2, 0) is 23.3 Å². The Bertz CT molecular complexity index is 892. The number of hydrogen-bond donors (Lipinski definition) is 1. The van der Waals surface area contributed by atoms with E-state index in [1.165, 1.54) is 6.07 Å². The van der Waals surface area contributed by atoms with Crippen LogP contribution in [0.25, 0.3) is 6.08 Å². The molecule has 0 fully saturated rings. The zero-order chi connectivity index (χ0) is 22.0. The second-order valence-corrected chi connectivity index (χ2v) is 5.74. The Morgan fingerprint density at radius 1 is 0.724 bits per heavy atom. The highest BCUT2D eigenvalue weighted by Crippen LogP contribution is 2.37. The maximum absolute atomic E-state index is 12.8. The number of rotatable bonds is 3. The van der Waals surface area contributed by atoms with Crippen molar-refractivity contribution in [3.63, 3.8) is 0 Å². The number of carbonyl (C=O) groups is 1. The van der Waals surface area contributed by atoms with Crippen molar-refractivity contribution < 1.29 is 44.3 Å². The fourth-order valence-corrected chi connectivity index (χ4v) is 2.20. The van der Waals surface area contributed by atoms with Crippen molar-refractivity contribution in [2.45, 2.75) is 18.5 Å². The van der Waals surface area contributed by atoms with E-state index in [1.54, 1.807) is 0 Å². The summed E-state index contributed by atoms with van der Waals surface area (Å²) in [5.74, 6) is -1.13. The molecule has 0 unspecified atom stereocenters. The Balaban J connectivity index is 2.25. The summed E-state index contributed by atoms with van der Waals surface area (Å²) in [6.45, 7) is 0. The van der Waals surface area contributed by atoms with Crippen molar-refractivity contribution in [1.82, 2.24) is 0 Å². The molecule has 2 nitrogen and oxygen atoms in total. The largest absolute Gasteiger partial charge is 0.416 e. The molecule has 0 atom stereocenters. The van der Waals surface area contributed by atoms with Crippen molar-refractivity contribution in [1.29, 1.82) is 0 Å². The molecule has 29 heavy (non-hydrogen) atoms. The lowest BCUT2D eigenvalue weighted by atomic mass is 10.1. The van der Waals surface area contributed by atoms with Gasteiger partial charge in [0.15, 0.2) is 0 Å². The second-order valence-electron chi connectivity index (χ2n) is 5.74. The van der Waals surface area contributed by atoms with E-state index in [0.717, 1.165) is 24.3 Å². The molecule has 2 aromatic carbocycles. The van der Waals surface area contributed by atoms with E-state index in [1.807, 2.05) is 5.32 Å². The van der Waals surface area contributed by atoms with E-state index in [9.17, 15) is 44.3 Å². The van der Waals surface area contributed by atoms with Crippen molar-refractivity contribution in [2.75, 3.05) is 5.32 Å². The summed E-state index contributed by atoms with van der Waals surface area (Å²) in [6.07, 6.45) is -13.2. The summed E-state index contributed by atoms with van der Waals surface area (Å²) in [4.78, 5) is 11.8. The van der Waals surface area contributed by atoms with Crippen molar-refractivity contribution in [3.8, 4) is 0 Å². The van der Waals surface area contributed by atoms with Crippen LogP contribution in [0.15, 0.2) is 48.5 Å². The summed E-state index contributed by atoms with van der Waals surface area (Å²) < 4.78 is 115. The van der Waals surface area contributed by atoms with E-state index < -0.39 is 46.8 Å². The van der Waals surface area contributed by atoms with Gasteiger partial charge in [0.2, 0.25) is 5.91 Å². The molecule has 0 radical (unpaired) electrons. The zero-order valence-electron chi connectivity index (χ0n) is 14.0. The average molecular weight is 427 g/mol. The molecule has 2 rings (SSSR count). The standard InChI is InChI=1S/C18H10F9NO/c19-16(20,21)11-3-1-2-10(6-11)4-5-15(29)28-14-8-12(17(22,23)24)7-13(9-14)18(25,26)27/h1-9H,(H,28,29)/b5-4+. The molecule has 1 amide bonds. The molecule has 2 aromatic rings. The summed E-state index contributed by atoms with van der Waals surface area (Å²) in [5, 5.41) is 1.83. The van der Waals surface area contributed by atoms with Gasteiger partial charge < -0.3 is 5.32 Å². The Labute approximate surface area is 157 Å². The lowest BCUT2D eigenvalue weighted by molar-refractivity contribution is -0.143. The van der Waals surface area contributed by atoms with E-state index in [2.05, 4.69) is 0 Å². The molecule has 0 bridgehead atoms. The van der Waals surface area contributed by atoms with E-state index >= 15 is 0 Å². The van der Waals surface area contributed by atoms with Crippen LogP contribution in [0.1, 0.15) is 22.3 Å². The zero-order valence-corrected chi connectivity index (χ0v) is 14.0. The van der Waals surface area contributed by atoms with Crippen LogP contribution in [0.2, 0.25) is 0 Å². The number of benzene rings is 2.